The molecule has 7 rings (SSSR count). The molecule has 19 nitrogen and oxygen atoms in total. The highest BCUT2D eigenvalue weighted by atomic mass is 32.2. The van der Waals surface area contributed by atoms with Gasteiger partial charge in [-0.1, -0.05) is 36.4 Å². The van der Waals surface area contributed by atoms with Crippen molar-refractivity contribution in [1.29, 1.82) is 0 Å². The Bertz CT molecular complexity index is 2180. The summed E-state index contributed by atoms with van der Waals surface area (Å²) < 4.78 is 25.2. The number of primary sulfonamides is 1. The Balaban J connectivity index is 1.15. The molecule has 0 bridgehead atoms. The largest absolute Gasteiger partial charge is 0.394 e. The topological polar surface area (TPSA) is 272 Å². The molecule has 53 heavy (non-hydrogen) atoms. The zero-order valence-corrected chi connectivity index (χ0v) is 29.2. The van der Waals surface area contributed by atoms with Crippen LogP contribution in [-0.4, -0.2) is 113 Å². The van der Waals surface area contributed by atoms with Gasteiger partial charge in [0, 0.05) is 24.8 Å². The number of amides is 2. The summed E-state index contributed by atoms with van der Waals surface area (Å²) in [6.45, 7) is 0.289. The van der Waals surface area contributed by atoms with Crippen LogP contribution >= 0.6 is 0 Å². The van der Waals surface area contributed by atoms with Gasteiger partial charge in [0.2, 0.25) is 16.0 Å². The molecule has 20 heteroatoms. The van der Waals surface area contributed by atoms with E-state index in [4.69, 9.17) is 15.1 Å². The van der Waals surface area contributed by atoms with Crippen LogP contribution in [0.25, 0.3) is 11.2 Å². The van der Waals surface area contributed by atoms with E-state index in [1.54, 1.807) is 10.6 Å². The molecule has 0 radical (unpaired) electrons. The van der Waals surface area contributed by atoms with Crippen molar-refractivity contribution in [2.45, 2.75) is 67.1 Å². The van der Waals surface area contributed by atoms with Gasteiger partial charge < -0.3 is 45.8 Å². The molecule has 1 aliphatic heterocycles. The highest BCUT2D eigenvalue weighted by Gasteiger charge is 2.45. The summed E-state index contributed by atoms with van der Waals surface area (Å²) in [6, 6.07) is 12.7. The number of rotatable bonds is 12. The van der Waals surface area contributed by atoms with Gasteiger partial charge in [-0.05, 0) is 43.0 Å². The van der Waals surface area contributed by atoms with Gasteiger partial charge in [-0.3, -0.25) is 0 Å². The summed E-state index contributed by atoms with van der Waals surface area (Å²) in [7, 11) is -3.95. The molecule has 0 spiro atoms. The van der Waals surface area contributed by atoms with E-state index < -0.39 is 46.4 Å². The summed E-state index contributed by atoms with van der Waals surface area (Å²) in [5.41, 5.74) is 2.36. The molecule has 3 aromatic heterocycles. The maximum absolute atomic E-state index is 12.9. The average Bonchev–Trinajstić information content (AvgIpc) is 3.95. The number of aliphatic hydroxyl groups is 4. The number of sulfonamides is 1. The van der Waals surface area contributed by atoms with Gasteiger partial charge in [-0.15, -0.1) is 0 Å². The molecular weight excluding hydrogens is 709 g/mol. The maximum Gasteiger partial charge on any atom is 0.319 e. The van der Waals surface area contributed by atoms with Gasteiger partial charge in [-0.25, -0.2) is 23.3 Å². The predicted molar refractivity (Wildman–Crippen MR) is 191 cm³/mol. The van der Waals surface area contributed by atoms with Crippen LogP contribution in [0.3, 0.4) is 0 Å². The van der Waals surface area contributed by atoms with Crippen LogP contribution in [0.15, 0.2) is 72.0 Å². The van der Waals surface area contributed by atoms with E-state index in [0.717, 1.165) is 5.56 Å². The molecule has 2 amide bonds. The highest BCUT2D eigenvalue weighted by Crippen LogP contribution is 2.40. The molecule has 1 aliphatic carbocycles. The van der Waals surface area contributed by atoms with Gasteiger partial charge in [0.15, 0.2) is 17.0 Å². The van der Waals surface area contributed by atoms with Crippen LogP contribution in [0.5, 0.6) is 0 Å². The smallest absolute Gasteiger partial charge is 0.319 e. The number of nitrogens with two attached hydrogens (primary N) is 1. The molecule has 4 heterocycles. The number of carbonyl (C=O) groups is 1. The first-order valence-corrected chi connectivity index (χ1v) is 18.5. The molecule has 1 saturated carbocycles. The van der Waals surface area contributed by atoms with Gasteiger partial charge >= 0.3 is 6.03 Å². The lowest BCUT2D eigenvalue weighted by Crippen LogP contribution is -2.40. The summed E-state index contributed by atoms with van der Waals surface area (Å²) >= 11 is 0. The molecule has 280 valence electrons. The second-order valence-electron chi connectivity index (χ2n) is 13.2. The maximum atomic E-state index is 12.9. The van der Waals surface area contributed by atoms with Crippen LogP contribution in [0.4, 0.5) is 22.2 Å². The standard InChI is InChI=1S/C33H40N12O7S/c34-53(51,52)24-8-4-7-20(12-24)38-33(50)39-21-9-10-43(15-21)32-40-30(37-22(16-46)11-19-5-2-1-3-6-19)27-31(41-32)44(18-35-27)25-13-26(29(49)28(25)48)45-36-14-23(17-47)42-45/h1-8,12,14,18,21-22,25-26,28-29,46-49H,9-11,13,15-17H2,(H2,34,51,52)(H,37,40,41)(H2,38,39,50)/t21?,22-,25+,26-,28-,29+/m0/s1. The molecule has 2 aliphatic rings. The molecule has 6 atom stereocenters. The second-order valence-corrected chi connectivity index (χ2v) is 14.7. The lowest BCUT2D eigenvalue weighted by Gasteiger charge is -2.22. The second kappa shape index (κ2) is 15.0. The molecule has 1 unspecified atom stereocenters. The summed E-state index contributed by atoms with van der Waals surface area (Å²) in [4.78, 5) is 30.3. The van der Waals surface area contributed by atoms with E-state index in [9.17, 15) is 33.6 Å². The van der Waals surface area contributed by atoms with Gasteiger partial charge in [0.05, 0.1) is 42.7 Å². The Kier molecular flexibility index (Phi) is 10.2. The number of nitrogens with zero attached hydrogens (tertiary/aromatic N) is 8. The van der Waals surface area contributed by atoms with E-state index in [1.807, 2.05) is 35.2 Å². The minimum Gasteiger partial charge on any atom is -0.394 e. The van der Waals surface area contributed by atoms with Crippen molar-refractivity contribution in [2.24, 2.45) is 5.14 Å². The minimum absolute atomic E-state index is 0.130. The van der Waals surface area contributed by atoms with Crippen molar-refractivity contribution < 1.29 is 33.6 Å². The summed E-state index contributed by atoms with van der Waals surface area (Å²) in [5.74, 6) is 0.670. The molecule has 5 aromatic rings. The van der Waals surface area contributed by atoms with Crippen molar-refractivity contribution in [1.82, 2.24) is 39.8 Å². The average molecular weight is 749 g/mol. The molecule has 1 saturated heterocycles. The van der Waals surface area contributed by atoms with Gasteiger partial charge in [-0.2, -0.15) is 25.0 Å². The monoisotopic (exact) mass is 748 g/mol. The Morgan fingerprint density at radius 1 is 1.04 bits per heavy atom. The van der Waals surface area contributed by atoms with E-state index in [1.165, 1.54) is 35.5 Å². The molecule has 9 N–H and O–H groups in total. The third-order valence-corrected chi connectivity index (χ3v) is 10.4. The van der Waals surface area contributed by atoms with E-state index in [-0.39, 0.29) is 36.3 Å². The number of hydrogen-bond acceptors (Lipinski definition) is 14. The number of aromatic nitrogens is 7. The summed E-state index contributed by atoms with van der Waals surface area (Å²) in [5, 5.41) is 64.7. The number of aliphatic hydroxyl groups excluding tert-OH is 4. The number of anilines is 3. The van der Waals surface area contributed by atoms with Crippen molar-refractivity contribution in [2.75, 3.05) is 35.2 Å². The predicted octanol–water partition coefficient (Wildman–Crippen LogP) is -0.119. The first-order valence-electron chi connectivity index (χ1n) is 17.0. The Morgan fingerprint density at radius 2 is 1.83 bits per heavy atom. The number of hydrogen-bond donors (Lipinski definition) is 8. The third-order valence-electron chi connectivity index (χ3n) is 9.52. The van der Waals surface area contributed by atoms with Crippen LogP contribution in [-0.2, 0) is 23.1 Å². The first-order chi connectivity index (χ1) is 25.5. The zero-order chi connectivity index (χ0) is 37.3. The Hall–Kier alpha value is -5.25. The van der Waals surface area contributed by atoms with E-state index in [2.05, 4.69) is 31.1 Å². The lowest BCUT2D eigenvalue weighted by molar-refractivity contribution is 0.00491. The normalized spacial score (nSPS) is 22.3. The number of benzene rings is 2. The Morgan fingerprint density at radius 3 is 2.57 bits per heavy atom. The van der Waals surface area contributed by atoms with Crippen molar-refractivity contribution >= 4 is 44.7 Å². The quantitative estimate of drug-likeness (QED) is 0.0827. The van der Waals surface area contributed by atoms with Gasteiger partial charge in [0.1, 0.15) is 23.9 Å². The number of nitrogens with one attached hydrogen (secondary N) is 3. The van der Waals surface area contributed by atoms with Crippen LogP contribution in [0.2, 0.25) is 0 Å². The fourth-order valence-corrected chi connectivity index (χ4v) is 7.40. The minimum atomic E-state index is -3.95. The molecular formula is C33H40N12O7S. The van der Waals surface area contributed by atoms with Crippen LogP contribution < -0.4 is 26.0 Å². The number of carbonyl (C=O) groups excluding carboxylic acids is 1. The van der Waals surface area contributed by atoms with Crippen LogP contribution in [0.1, 0.15) is 36.2 Å². The van der Waals surface area contributed by atoms with Crippen molar-refractivity contribution in [3.63, 3.8) is 0 Å². The summed E-state index contributed by atoms with van der Waals surface area (Å²) in [6.07, 6.45) is 1.74. The van der Waals surface area contributed by atoms with E-state index in [0.29, 0.717) is 54.6 Å². The highest BCUT2D eigenvalue weighted by molar-refractivity contribution is 7.89. The number of urea groups is 1. The lowest BCUT2D eigenvalue weighted by atomic mass is 10.1. The van der Waals surface area contributed by atoms with Gasteiger partial charge in [0.25, 0.3) is 0 Å². The van der Waals surface area contributed by atoms with Crippen molar-refractivity contribution in [3.8, 4) is 0 Å². The fourth-order valence-electron chi connectivity index (χ4n) is 6.84. The molecule has 2 aromatic carbocycles. The van der Waals surface area contributed by atoms with Crippen molar-refractivity contribution in [3.05, 3.63) is 78.4 Å². The molecule has 2 fully saturated rings. The van der Waals surface area contributed by atoms with Crippen LogP contribution in [0, 0.1) is 0 Å². The number of fused-ring (bicyclic) bond motifs is 1. The first kappa shape index (κ1) is 36.1. The third kappa shape index (κ3) is 7.77. The fraction of sp³-hybridized carbons (Fsp3) is 0.394. The zero-order valence-electron chi connectivity index (χ0n) is 28.3. The number of imidazole rings is 1. The SMILES string of the molecule is NS(=O)(=O)c1cccc(NC(=O)NC2CCN(c3nc(N[C@H](CO)Cc4ccccc4)c4ncn([C@@H]5C[C@H](n6ncc(CO)n6)[C@@H](O)[C@H]5O)c4n3)C2)c1. The van der Waals surface area contributed by atoms with E-state index >= 15 is 0 Å². The Labute approximate surface area is 303 Å².